The fourth-order valence-corrected chi connectivity index (χ4v) is 3.17. The number of H-pyrrole nitrogens is 1. The van der Waals surface area contributed by atoms with E-state index in [9.17, 15) is 9.18 Å². The lowest BCUT2D eigenvalue weighted by molar-refractivity contribution is 0.627. The highest BCUT2D eigenvalue weighted by molar-refractivity contribution is 7.98. The number of aromatic nitrogens is 4. The Labute approximate surface area is 151 Å². The van der Waals surface area contributed by atoms with Crippen molar-refractivity contribution >= 4 is 28.6 Å². The Hall–Kier alpha value is -3.13. The number of nitrogens with one attached hydrogen (secondary N) is 1. The van der Waals surface area contributed by atoms with E-state index in [4.69, 9.17) is 5.73 Å². The van der Waals surface area contributed by atoms with Gasteiger partial charge in [0.05, 0.1) is 5.69 Å². The zero-order valence-electron chi connectivity index (χ0n) is 13.7. The minimum atomic E-state index is -0.385. The molecule has 8 heteroatoms. The number of aromatic amines is 1. The van der Waals surface area contributed by atoms with Gasteiger partial charge in [-0.15, -0.1) is 11.8 Å². The maximum absolute atomic E-state index is 13.3. The van der Waals surface area contributed by atoms with Crippen LogP contribution in [-0.2, 0) is 0 Å². The first-order valence-corrected chi connectivity index (χ1v) is 8.98. The van der Waals surface area contributed by atoms with Gasteiger partial charge in [-0.05, 0) is 42.7 Å². The van der Waals surface area contributed by atoms with Crippen molar-refractivity contribution in [3.8, 4) is 17.1 Å². The number of hydrogen-bond donors (Lipinski definition) is 2. The van der Waals surface area contributed by atoms with E-state index in [-0.39, 0.29) is 22.6 Å². The van der Waals surface area contributed by atoms with Crippen LogP contribution in [0.1, 0.15) is 0 Å². The molecular weight excluding hydrogens is 353 g/mol. The third kappa shape index (κ3) is 2.64. The van der Waals surface area contributed by atoms with Crippen molar-refractivity contribution in [1.29, 1.82) is 0 Å². The van der Waals surface area contributed by atoms with Crippen LogP contribution in [0.2, 0.25) is 0 Å². The van der Waals surface area contributed by atoms with E-state index < -0.39 is 0 Å². The van der Waals surface area contributed by atoms with Crippen LogP contribution in [0.3, 0.4) is 0 Å². The molecule has 0 radical (unpaired) electrons. The summed E-state index contributed by atoms with van der Waals surface area (Å²) in [5, 5.41) is 6.77. The van der Waals surface area contributed by atoms with E-state index in [1.807, 2.05) is 30.5 Å². The van der Waals surface area contributed by atoms with Crippen LogP contribution in [0.15, 0.2) is 58.2 Å². The Balaban J connectivity index is 2.05. The minimum Gasteiger partial charge on any atom is -0.381 e. The topological polar surface area (TPSA) is 89.6 Å². The number of halogens is 1. The number of thioether (sulfide) groups is 1. The number of fused-ring (bicyclic) bond motifs is 1. The Kier molecular flexibility index (Phi) is 3.96. The minimum absolute atomic E-state index is 0.0812. The number of rotatable bonds is 3. The number of benzene rings is 2. The lowest BCUT2D eigenvalue weighted by atomic mass is 10.2. The highest BCUT2D eigenvalue weighted by Gasteiger charge is 2.18. The van der Waals surface area contributed by atoms with Crippen LogP contribution in [0.25, 0.3) is 28.1 Å². The van der Waals surface area contributed by atoms with Gasteiger partial charge < -0.3 is 5.73 Å². The molecular formula is C18H14FN5OS. The van der Waals surface area contributed by atoms with Crippen molar-refractivity contribution in [2.45, 2.75) is 4.90 Å². The van der Waals surface area contributed by atoms with Gasteiger partial charge in [-0.2, -0.15) is 5.10 Å². The molecule has 130 valence electrons. The van der Waals surface area contributed by atoms with Gasteiger partial charge in [-0.25, -0.2) is 9.37 Å². The van der Waals surface area contributed by atoms with Gasteiger partial charge in [0.25, 0.3) is 5.56 Å². The summed E-state index contributed by atoms with van der Waals surface area (Å²) >= 11 is 1.62. The van der Waals surface area contributed by atoms with Crippen LogP contribution in [-0.4, -0.2) is 26.0 Å². The molecule has 2 aromatic carbocycles. The first-order valence-electron chi connectivity index (χ1n) is 7.75. The fraction of sp³-hybridized carbons (Fsp3) is 0.0556. The lowest BCUT2D eigenvalue weighted by Gasteiger charge is -2.13. The molecule has 0 spiro atoms. The van der Waals surface area contributed by atoms with Crippen molar-refractivity contribution in [3.63, 3.8) is 0 Å². The normalized spacial score (nSPS) is 11.2. The molecule has 3 N–H and O–H groups in total. The summed E-state index contributed by atoms with van der Waals surface area (Å²) in [6.45, 7) is 0. The number of nitrogens with two attached hydrogens (primary N) is 1. The summed E-state index contributed by atoms with van der Waals surface area (Å²) in [6.07, 6.45) is 1.99. The smallest absolute Gasteiger partial charge is 0.271 e. The molecule has 4 aromatic rings. The van der Waals surface area contributed by atoms with Crippen molar-refractivity contribution in [2.24, 2.45) is 0 Å². The second-order valence-corrected chi connectivity index (χ2v) is 6.49. The molecule has 0 aliphatic heterocycles. The Bertz CT molecular complexity index is 1150. The molecule has 0 amide bonds. The maximum Gasteiger partial charge on any atom is 0.271 e. The first-order chi connectivity index (χ1) is 12.6. The average Bonchev–Trinajstić information content (AvgIpc) is 3.04. The van der Waals surface area contributed by atoms with Gasteiger partial charge in [0.15, 0.2) is 11.5 Å². The monoisotopic (exact) mass is 367 g/mol. The molecule has 26 heavy (non-hydrogen) atoms. The number of nitrogen functional groups attached to an aromatic ring is 1. The molecule has 0 bridgehead atoms. The lowest BCUT2D eigenvalue weighted by Crippen LogP contribution is -2.22. The molecule has 4 rings (SSSR count). The molecule has 0 atom stereocenters. The van der Waals surface area contributed by atoms with Gasteiger partial charge >= 0.3 is 0 Å². The van der Waals surface area contributed by atoms with E-state index in [2.05, 4.69) is 15.2 Å². The number of hydrogen-bond acceptors (Lipinski definition) is 5. The predicted octanol–water partition coefficient (Wildman–Crippen LogP) is 3.22. The van der Waals surface area contributed by atoms with Crippen LogP contribution < -0.4 is 11.3 Å². The average molecular weight is 367 g/mol. The summed E-state index contributed by atoms with van der Waals surface area (Å²) in [7, 11) is 0. The maximum atomic E-state index is 13.3. The molecule has 2 aromatic heterocycles. The summed E-state index contributed by atoms with van der Waals surface area (Å²) in [5.74, 6) is 0.118. The quantitative estimate of drug-likeness (QED) is 0.543. The summed E-state index contributed by atoms with van der Waals surface area (Å²) in [4.78, 5) is 18.7. The molecule has 0 unspecified atom stereocenters. The highest BCUT2D eigenvalue weighted by Crippen LogP contribution is 2.25. The van der Waals surface area contributed by atoms with Gasteiger partial charge in [0.2, 0.25) is 0 Å². The Morgan fingerprint density at radius 2 is 1.81 bits per heavy atom. The zero-order valence-corrected chi connectivity index (χ0v) is 14.5. The Morgan fingerprint density at radius 3 is 2.46 bits per heavy atom. The van der Waals surface area contributed by atoms with Crippen LogP contribution >= 0.6 is 11.8 Å². The molecule has 6 nitrogen and oxygen atoms in total. The summed E-state index contributed by atoms with van der Waals surface area (Å²) in [5.41, 5.74) is 7.01. The van der Waals surface area contributed by atoms with Crippen LogP contribution in [0.4, 0.5) is 10.2 Å². The van der Waals surface area contributed by atoms with Gasteiger partial charge in [-0.1, -0.05) is 12.1 Å². The highest BCUT2D eigenvalue weighted by atomic mass is 32.2. The van der Waals surface area contributed by atoms with Crippen molar-refractivity contribution in [2.75, 3.05) is 12.0 Å². The molecule has 0 aliphatic rings. The fourth-order valence-electron chi connectivity index (χ4n) is 2.77. The van der Waals surface area contributed by atoms with Crippen molar-refractivity contribution in [1.82, 2.24) is 19.7 Å². The van der Waals surface area contributed by atoms with Crippen molar-refractivity contribution < 1.29 is 4.39 Å². The Morgan fingerprint density at radius 1 is 1.12 bits per heavy atom. The SMILES string of the molecule is CSc1ccc(-c2nc3[nH]nc(N)c3c(=O)n2-c2ccc(F)cc2)cc1. The van der Waals surface area contributed by atoms with E-state index in [0.29, 0.717) is 17.2 Å². The third-order valence-corrected chi connectivity index (χ3v) is 4.80. The van der Waals surface area contributed by atoms with Gasteiger partial charge in [0.1, 0.15) is 17.0 Å². The van der Waals surface area contributed by atoms with E-state index >= 15 is 0 Å². The van der Waals surface area contributed by atoms with Crippen LogP contribution in [0.5, 0.6) is 0 Å². The predicted molar refractivity (Wildman–Crippen MR) is 101 cm³/mol. The third-order valence-electron chi connectivity index (χ3n) is 4.05. The largest absolute Gasteiger partial charge is 0.381 e. The molecule has 2 heterocycles. The van der Waals surface area contributed by atoms with Crippen LogP contribution in [0, 0.1) is 5.82 Å². The second kappa shape index (κ2) is 6.30. The standard InChI is InChI=1S/C18H14FN5OS/c1-26-13-8-2-10(3-9-13)17-21-16-14(15(20)22-23-16)18(25)24(17)12-6-4-11(19)5-7-12/h2-9H,1H3,(H3,20,22,23). The summed E-state index contributed by atoms with van der Waals surface area (Å²) in [6, 6.07) is 13.3. The van der Waals surface area contributed by atoms with E-state index in [1.165, 1.54) is 28.8 Å². The first kappa shape index (κ1) is 16.3. The number of nitrogens with zero attached hydrogens (tertiary/aromatic N) is 3. The molecule has 0 saturated carbocycles. The van der Waals surface area contributed by atoms with Crippen molar-refractivity contribution in [3.05, 3.63) is 64.7 Å². The summed E-state index contributed by atoms with van der Waals surface area (Å²) < 4.78 is 14.8. The molecule has 0 aliphatic carbocycles. The van der Waals surface area contributed by atoms with E-state index in [1.54, 1.807) is 11.8 Å². The van der Waals surface area contributed by atoms with Gasteiger partial charge in [0, 0.05) is 10.5 Å². The number of anilines is 1. The molecule has 0 fully saturated rings. The second-order valence-electron chi connectivity index (χ2n) is 5.61. The van der Waals surface area contributed by atoms with Gasteiger partial charge in [-0.3, -0.25) is 14.5 Å². The van der Waals surface area contributed by atoms with E-state index in [0.717, 1.165) is 10.5 Å². The molecule has 0 saturated heterocycles. The zero-order chi connectivity index (χ0) is 18.3.